The van der Waals surface area contributed by atoms with Gasteiger partial charge >= 0.3 is 11.9 Å². The molecule has 1 aromatic heterocycles. The molecular formula is C27H38N2O5S. The standard InChI is InChI=1S/C27H38N2O5S/c1-16(2)5-14-22-15-23(24(35-22)26(31)32)29(25(30)19-8-6-17(3)7-9-19)20-10-12-21(13-11-20)34-27(33)18(4)28/h15-21H,6-13,28H2,1-4H3,(H,31,32)/t17?,18-,19?,20?,21?/m0/s1. The molecule has 3 N–H and O–H groups in total. The first-order valence-corrected chi connectivity index (χ1v) is 13.6. The Kier molecular flexibility index (Phi) is 9.37. The maximum atomic E-state index is 13.9. The lowest BCUT2D eigenvalue weighted by atomic mass is 9.81. The third kappa shape index (κ3) is 7.08. The van der Waals surface area contributed by atoms with Crippen LogP contribution in [-0.4, -0.2) is 41.1 Å². The Morgan fingerprint density at radius 1 is 1.09 bits per heavy atom. The number of carboxylic acid groups (broad SMARTS) is 1. The number of amides is 1. The first kappa shape index (κ1) is 27.2. The highest BCUT2D eigenvalue weighted by Gasteiger charge is 2.38. The molecule has 0 aromatic carbocycles. The van der Waals surface area contributed by atoms with E-state index in [4.69, 9.17) is 10.5 Å². The van der Waals surface area contributed by atoms with Crippen LogP contribution in [0, 0.1) is 29.6 Å². The van der Waals surface area contributed by atoms with Crippen molar-refractivity contribution in [1.82, 2.24) is 0 Å². The van der Waals surface area contributed by atoms with Crippen LogP contribution in [-0.2, 0) is 14.3 Å². The van der Waals surface area contributed by atoms with E-state index < -0.39 is 18.0 Å². The predicted molar refractivity (Wildman–Crippen MR) is 137 cm³/mol. The SMILES string of the molecule is CC(C)C#Cc1cc(N(C(=O)C2CCC(C)CC2)C2CCC(OC(=O)[C@H](C)N)CC2)c(C(=O)O)s1. The fourth-order valence-corrected chi connectivity index (χ4v) is 5.73. The highest BCUT2D eigenvalue weighted by molar-refractivity contribution is 7.15. The predicted octanol–water partition coefficient (Wildman–Crippen LogP) is 4.81. The molecule has 3 rings (SSSR count). The van der Waals surface area contributed by atoms with Crippen molar-refractivity contribution in [2.24, 2.45) is 23.5 Å². The molecule has 2 aliphatic carbocycles. The Morgan fingerprint density at radius 3 is 2.26 bits per heavy atom. The van der Waals surface area contributed by atoms with Crippen LogP contribution in [0.5, 0.6) is 0 Å². The molecule has 2 saturated carbocycles. The summed E-state index contributed by atoms with van der Waals surface area (Å²) in [7, 11) is 0. The molecule has 0 aliphatic heterocycles. The number of thiophene rings is 1. The third-order valence-electron chi connectivity index (χ3n) is 6.92. The number of rotatable bonds is 6. The Labute approximate surface area is 212 Å². The van der Waals surface area contributed by atoms with Gasteiger partial charge in [-0.3, -0.25) is 9.59 Å². The number of carbonyl (C=O) groups is 3. The van der Waals surface area contributed by atoms with Crippen molar-refractivity contribution in [3.63, 3.8) is 0 Å². The largest absolute Gasteiger partial charge is 0.477 e. The lowest BCUT2D eigenvalue weighted by Crippen LogP contribution is -2.47. The average molecular weight is 503 g/mol. The van der Waals surface area contributed by atoms with Crippen molar-refractivity contribution in [2.45, 2.75) is 97.2 Å². The van der Waals surface area contributed by atoms with E-state index in [0.29, 0.717) is 42.2 Å². The van der Waals surface area contributed by atoms with E-state index in [1.54, 1.807) is 17.9 Å². The van der Waals surface area contributed by atoms with Gasteiger partial charge in [0.15, 0.2) is 0 Å². The molecular weight excluding hydrogens is 464 g/mol. The first-order valence-electron chi connectivity index (χ1n) is 12.7. The molecule has 2 aliphatic rings. The first-order chi connectivity index (χ1) is 16.6. The molecule has 2 fully saturated rings. The topological polar surface area (TPSA) is 110 Å². The summed E-state index contributed by atoms with van der Waals surface area (Å²) >= 11 is 1.13. The molecule has 8 heteroatoms. The zero-order valence-corrected chi connectivity index (χ0v) is 22.0. The van der Waals surface area contributed by atoms with Gasteiger partial charge in [-0.25, -0.2) is 4.79 Å². The van der Waals surface area contributed by atoms with E-state index in [2.05, 4.69) is 18.8 Å². The molecule has 0 saturated heterocycles. The summed E-state index contributed by atoms with van der Waals surface area (Å²) in [6.07, 6.45) is 5.92. The summed E-state index contributed by atoms with van der Waals surface area (Å²) in [6, 6.07) is 0.953. The second-order valence-corrected chi connectivity index (χ2v) is 11.4. The lowest BCUT2D eigenvalue weighted by molar-refractivity contribution is -0.152. The van der Waals surface area contributed by atoms with E-state index in [9.17, 15) is 19.5 Å². The lowest BCUT2D eigenvalue weighted by Gasteiger charge is -2.39. The van der Waals surface area contributed by atoms with Gasteiger partial charge in [0.1, 0.15) is 17.0 Å². The van der Waals surface area contributed by atoms with Gasteiger partial charge in [0.2, 0.25) is 5.91 Å². The average Bonchev–Trinajstić information content (AvgIpc) is 3.23. The molecule has 1 aromatic rings. The minimum atomic E-state index is -1.04. The number of carbonyl (C=O) groups excluding carboxylic acids is 2. The molecule has 1 amide bonds. The van der Waals surface area contributed by atoms with Gasteiger partial charge in [-0.1, -0.05) is 32.6 Å². The smallest absolute Gasteiger partial charge is 0.348 e. The number of hydrogen-bond donors (Lipinski definition) is 2. The Morgan fingerprint density at radius 2 is 1.71 bits per heavy atom. The number of nitrogens with two attached hydrogens (primary N) is 1. The number of esters is 1. The van der Waals surface area contributed by atoms with Crippen LogP contribution in [0.1, 0.15) is 93.6 Å². The minimum Gasteiger partial charge on any atom is -0.477 e. The van der Waals surface area contributed by atoms with E-state index in [0.717, 1.165) is 37.0 Å². The van der Waals surface area contributed by atoms with Gasteiger partial charge in [-0.15, -0.1) is 11.3 Å². The summed E-state index contributed by atoms with van der Waals surface area (Å²) in [5, 5.41) is 9.98. The Balaban J connectivity index is 1.90. The number of hydrogen-bond acceptors (Lipinski definition) is 6. The molecule has 1 atom stereocenters. The summed E-state index contributed by atoms with van der Waals surface area (Å²) in [5.74, 6) is 5.38. The number of aromatic carboxylic acids is 1. The maximum Gasteiger partial charge on any atom is 0.348 e. The van der Waals surface area contributed by atoms with Crippen LogP contribution in [0.25, 0.3) is 0 Å². The molecule has 35 heavy (non-hydrogen) atoms. The van der Waals surface area contributed by atoms with Crippen molar-refractivity contribution >= 4 is 34.9 Å². The van der Waals surface area contributed by atoms with Crippen molar-refractivity contribution in [3.8, 4) is 11.8 Å². The van der Waals surface area contributed by atoms with Crippen molar-refractivity contribution < 1.29 is 24.2 Å². The molecule has 7 nitrogen and oxygen atoms in total. The van der Waals surface area contributed by atoms with Gasteiger partial charge in [0.05, 0.1) is 10.6 Å². The van der Waals surface area contributed by atoms with Crippen LogP contribution >= 0.6 is 11.3 Å². The van der Waals surface area contributed by atoms with Crippen LogP contribution in [0.2, 0.25) is 0 Å². The van der Waals surface area contributed by atoms with Crippen molar-refractivity contribution in [1.29, 1.82) is 0 Å². The van der Waals surface area contributed by atoms with Crippen LogP contribution in [0.4, 0.5) is 5.69 Å². The molecule has 1 heterocycles. The van der Waals surface area contributed by atoms with E-state index in [1.807, 2.05) is 13.8 Å². The molecule has 0 radical (unpaired) electrons. The van der Waals surface area contributed by atoms with Gasteiger partial charge in [0, 0.05) is 17.9 Å². The zero-order chi connectivity index (χ0) is 25.7. The van der Waals surface area contributed by atoms with Gasteiger partial charge < -0.3 is 20.5 Å². The van der Waals surface area contributed by atoms with E-state index >= 15 is 0 Å². The van der Waals surface area contributed by atoms with Crippen LogP contribution < -0.4 is 10.6 Å². The van der Waals surface area contributed by atoms with Gasteiger partial charge in [0.25, 0.3) is 0 Å². The van der Waals surface area contributed by atoms with E-state index in [-0.39, 0.29) is 34.8 Å². The number of nitrogens with zero attached hydrogens (tertiary/aromatic N) is 1. The highest BCUT2D eigenvalue weighted by atomic mass is 32.1. The molecule has 192 valence electrons. The van der Waals surface area contributed by atoms with Crippen molar-refractivity contribution in [2.75, 3.05) is 4.90 Å². The normalized spacial score (nSPS) is 25.3. The van der Waals surface area contributed by atoms with Gasteiger partial charge in [-0.05, 0) is 70.3 Å². The second-order valence-electron chi connectivity index (χ2n) is 10.4. The number of ether oxygens (including phenoxy) is 1. The fourth-order valence-electron chi connectivity index (χ4n) is 4.88. The highest BCUT2D eigenvalue weighted by Crippen LogP contribution is 2.39. The minimum absolute atomic E-state index is 0.0107. The quantitative estimate of drug-likeness (QED) is 0.426. The third-order valence-corrected chi connectivity index (χ3v) is 7.94. The second kappa shape index (κ2) is 12.0. The number of anilines is 1. The molecule has 0 unspecified atom stereocenters. The Hall–Kier alpha value is -2.37. The molecule has 0 spiro atoms. The Bertz CT molecular complexity index is 973. The summed E-state index contributed by atoms with van der Waals surface area (Å²) in [6.45, 7) is 7.78. The summed E-state index contributed by atoms with van der Waals surface area (Å²) in [5.41, 5.74) is 6.09. The van der Waals surface area contributed by atoms with Crippen LogP contribution in [0.15, 0.2) is 6.07 Å². The van der Waals surface area contributed by atoms with Crippen LogP contribution in [0.3, 0.4) is 0 Å². The fraction of sp³-hybridized carbons (Fsp3) is 0.667. The van der Waals surface area contributed by atoms with Gasteiger partial charge in [-0.2, -0.15) is 0 Å². The number of carboxylic acids is 1. The summed E-state index contributed by atoms with van der Waals surface area (Å²) in [4.78, 5) is 40.6. The van der Waals surface area contributed by atoms with Crippen molar-refractivity contribution in [3.05, 3.63) is 15.8 Å². The zero-order valence-electron chi connectivity index (χ0n) is 21.2. The molecule has 0 bridgehead atoms. The summed E-state index contributed by atoms with van der Waals surface area (Å²) < 4.78 is 5.52. The maximum absolute atomic E-state index is 13.9. The van der Waals surface area contributed by atoms with E-state index in [1.165, 1.54) is 0 Å². The monoisotopic (exact) mass is 502 g/mol.